The third-order valence-electron chi connectivity index (χ3n) is 6.20. The number of rotatable bonds is 4. The number of benzene rings is 3. The Hall–Kier alpha value is -2.67. The third-order valence-corrected chi connectivity index (χ3v) is 9.46. The van der Waals surface area contributed by atoms with Gasteiger partial charge in [-0.3, -0.25) is 4.57 Å². The van der Waals surface area contributed by atoms with E-state index in [2.05, 4.69) is 78.4 Å². The molecule has 0 amide bonds. The quantitative estimate of drug-likeness (QED) is 0.358. The summed E-state index contributed by atoms with van der Waals surface area (Å²) in [6.45, 7) is 2.83. The molecule has 1 unspecified atom stereocenters. The molecule has 2 nitrogen and oxygen atoms in total. The number of nitrogens with zero attached hydrogens (tertiary/aromatic N) is 1. The van der Waals surface area contributed by atoms with E-state index in [0.29, 0.717) is 12.5 Å². The molecule has 2 aliphatic rings. The number of fused-ring (bicyclic) bond motifs is 1. The van der Waals surface area contributed by atoms with Crippen LogP contribution in [0.15, 0.2) is 115 Å². The van der Waals surface area contributed by atoms with Gasteiger partial charge in [0.1, 0.15) is 0 Å². The van der Waals surface area contributed by atoms with Crippen molar-refractivity contribution in [1.29, 1.82) is 0 Å². The first-order chi connectivity index (χ1) is 14.7. The van der Waals surface area contributed by atoms with Crippen LogP contribution >= 0.6 is 7.29 Å². The molecule has 3 heteroatoms. The molecule has 3 aromatic carbocycles. The van der Waals surface area contributed by atoms with E-state index in [1.54, 1.807) is 0 Å². The Morgan fingerprint density at radius 1 is 0.800 bits per heavy atom. The predicted octanol–water partition coefficient (Wildman–Crippen LogP) is 6.55. The maximum Gasteiger partial charge on any atom is 0.204 e. The molecule has 1 saturated heterocycles. The van der Waals surface area contributed by atoms with E-state index in [9.17, 15) is 0 Å². The van der Waals surface area contributed by atoms with E-state index < -0.39 is 7.29 Å². The van der Waals surface area contributed by atoms with Gasteiger partial charge in [-0.25, -0.2) is 4.67 Å². The monoisotopic (exact) mass is 411 g/mol. The molecule has 30 heavy (non-hydrogen) atoms. The van der Waals surface area contributed by atoms with Crippen molar-refractivity contribution >= 4 is 12.6 Å². The first-order valence-electron chi connectivity index (χ1n) is 10.6. The van der Waals surface area contributed by atoms with Gasteiger partial charge in [-0.1, -0.05) is 104 Å². The normalized spacial score (nSPS) is 28.2. The molecule has 1 fully saturated rings. The Morgan fingerprint density at radius 3 is 2.07 bits per heavy atom. The van der Waals surface area contributed by atoms with Crippen LogP contribution in [0.1, 0.15) is 24.1 Å². The van der Waals surface area contributed by atoms with Crippen LogP contribution in [0.25, 0.3) is 0 Å². The summed E-state index contributed by atoms with van der Waals surface area (Å²) in [5.74, 6) is 0.416. The van der Waals surface area contributed by atoms with E-state index in [0.717, 1.165) is 10.6 Å². The molecular formula is C27H26NOP. The Kier molecular flexibility index (Phi) is 5.06. The summed E-state index contributed by atoms with van der Waals surface area (Å²) >= 11 is 0. The Morgan fingerprint density at radius 2 is 1.40 bits per heavy atom. The van der Waals surface area contributed by atoms with Gasteiger partial charge >= 0.3 is 0 Å². The lowest BCUT2D eigenvalue weighted by atomic mass is 9.87. The van der Waals surface area contributed by atoms with Crippen LogP contribution in [0.5, 0.6) is 0 Å². The highest BCUT2D eigenvalue weighted by molar-refractivity contribution is 7.73. The summed E-state index contributed by atoms with van der Waals surface area (Å²) in [5, 5.41) is 2.02. The van der Waals surface area contributed by atoms with E-state index in [1.807, 2.05) is 42.5 Å². The zero-order valence-corrected chi connectivity index (χ0v) is 18.0. The molecule has 0 aromatic heterocycles. The molecule has 4 atom stereocenters. The SMILES string of the molecule is C[C@H]1C=C[C@@H]2C(=C1)P(=O)(c1ccccc1)N(Cc1ccccc1)[C@H]2c1ccccc1. The van der Waals surface area contributed by atoms with E-state index in [-0.39, 0.29) is 12.0 Å². The Balaban J connectivity index is 1.73. The zero-order valence-electron chi connectivity index (χ0n) is 17.1. The molecule has 0 spiro atoms. The minimum atomic E-state index is -2.95. The average molecular weight is 411 g/mol. The second kappa shape index (κ2) is 7.87. The van der Waals surface area contributed by atoms with Gasteiger partial charge < -0.3 is 0 Å². The van der Waals surface area contributed by atoms with Gasteiger partial charge in [0.05, 0.1) is 6.04 Å². The lowest BCUT2D eigenvalue weighted by molar-refractivity contribution is 0.314. The van der Waals surface area contributed by atoms with Crippen LogP contribution in [-0.4, -0.2) is 4.67 Å². The van der Waals surface area contributed by atoms with Crippen LogP contribution < -0.4 is 5.30 Å². The lowest BCUT2D eigenvalue weighted by Gasteiger charge is -2.31. The molecule has 0 bridgehead atoms. The van der Waals surface area contributed by atoms with Gasteiger partial charge in [0.25, 0.3) is 0 Å². The van der Waals surface area contributed by atoms with Crippen molar-refractivity contribution in [1.82, 2.24) is 4.67 Å². The molecule has 150 valence electrons. The number of hydrogen-bond acceptors (Lipinski definition) is 1. The Bertz CT molecular complexity index is 1120. The molecule has 1 aliphatic carbocycles. The minimum absolute atomic E-state index is 0.0486. The fourth-order valence-corrected chi connectivity index (χ4v) is 8.36. The van der Waals surface area contributed by atoms with Crippen LogP contribution in [-0.2, 0) is 11.1 Å². The van der Waals surface area contributed by atoms with Crippen molar-refractivity contribution in [3.05, 3.63) is 126 Å². The summed E-state index contributed by atoms with van der Waals surface area (Å²) in [6, 6.07) is 31.1. The van der Waals surface area contributed by atoms with E-state index in [4.69, 9.17) is 0 Å². The zero-order chi connectivity index (χ0) is 20.6. The van der Waals surface area contributed by atoms with Crippen LogP contribution in [0.3, 0.4) is 0 Å². The first-order valence-corrected chi connectivity index (χ1v) is 12.3. The first kappa shape index (κ1) is 19.3. The molecule has 3 aromatic rings. The smallest absolute Gasteiger partial charge is 0.204 e. The molecule has 0 N–H and O–H groups in total. The maximum absolute atomic E-state index is 15.1. The van der Waals surface area contributed by atoms with E-state index in [1.165, 1.54) is 11.1 Å². The highest BCUT2D eigenvalue weighted by Gasteiger charge is 2.53. The summed E-state index contributed by atoms with van der Waals surface area (Å²) in [4.78, 5) is 0. The molecular weight excluding hydrogens is 385 g/mol. The van der Waals surface area contributed by atoms with Crippen molar-refractivity contribution in [2.24, 2.45) is 11.8 Å². The minimum Gasteiger partial charge on any atom is -0.297 e. The highest BCUT2D eigenvalue weighted by Crippen LogP contribution is 2.71. The van der Waals surface area contributed by atoms with Crippen LogP contribution in [0.4, 0.5) is 0 Å². The van der Waals surface area contributed by atoms with Gasteiger partial charge in [0, 0.05) is 23.1 Å². The maximum atomic E-state index is 15.1. The average Bonchev–Trinajstić information content (AvgIpc) is 3.04. The van der Waals surface area contributed by atoms with Gasteiger partial charge in [-0.05, 0) is 29.2 Å². The molecule has 5 rings (SSSR count). The summed E-state index contributed by atoms with van der Waals surface area (Å²) in [7, 11) is -2.95. The van der Waals surface area contributed by atoms with Crippen molar-refractivity contribution < 1.29 is 4.57 Å². The number of hydrogen-bond donors (Lipinski definition) is 0. The van der Waals surface area contributed by atoms with Gasteiger partial charge in [-0.15, -0.1) is 0 Å². The van der Waals surface area contributed by atoms with Crippen molar-refractivity contribution in [2.75, 3.05) is 0 Å². The fraction of sp³-hybridized carbons (Fsp3) is 0.185. The van der Waals surface area contributed by atoms with E-state index >= 15 is 4.57 Å². The van der Waals surface area contributed by atoms with Gasteiger partial charge in [0.2, 0.25) is 7.29 Å². The topological polar surface area (TPSA) is 20.3 Å². The van der Waals surface area contributed by atoms with Crippen LogP contribution in [0, 0.1) is 11.8 Å². The summed E-state index contributed by atoms with van der Waals surface area (Å²) < 4.78 is 17.4. The largest absolute Gasteiger partial charge is 0.297 e. The standard InChI is InChI=1S/C27H26NOP/c1-21-17-18-25-26(19-21)30(29,24-15-9-4-10-16-24)28(20-22-11-5-2-6-12-22)27(25)23-13-7-3-8-14-23/h2-19,21,25,27H,20H2,1H3/t21-,25+,27-,30?/m0/s1. The highest BCUT2D eigenvalue weighted by atomic mass is 31.2. The third kappa shape index (κ3) is 3.21. The molecule has 1 heterocycles. The van der Waals surface area contributed by atoms with Crippen LogP contribution in [0.2, 0.25) is 0 Å². The van der Waals surface area contributed by atoms with Crippen molar-refractivity contribution in [3.8, 4) is 0 Å². The van der Waals surface area contributed by atoms with Crippen molar-refractivity contribution in [3.63, 3.8) is 0 Å². The number of allylic oxidation sites excluding steroid dienone is 2. The second-order valence-electron chi connectivity index (χ2n) is 8.21. The molecule has 1 aliphatic heterocycles. The van der Waals surface area contributed by atoms with Crippen molar-refractivity contribution in [2.45, 2.75) is 19.5 Å². The predicted molar refractivity (Wildman–Crippen MR) is 125 cm³/mol. The Labute approximate surface area is 179 Å². The fourth-order valence-electron chi connectivity index (χ4n) is 4.83. The summed E-state index contributed by atoms with van der Waals surface area (Å²) in [6.07, 6.45) is 6.79. The second-order valence-corrected chi connectivity index (χ2v) is 10.9. The van der Waals surface area contributed by atoms with Gasteiger partial charge in [0.15, 0.2) is 0 Å². The molecule has 0 radical (unpaired) electrons. The van der Waals surface area contributed by atoms with Gasteiger partial charge in [-0.2, -0.15) is 0 Å². The summed E-state index contributed by atoms with van der Waals surface area (Å²) in [5.41, 5.74) is 2.41. The lowest BCUT2D eigenvalue weighted by Crippen LogP contribution is -2.25. The molecule has 0 saturated carbocycles.